The van der Waals surface area contributed by atoms with Gasteiger partial charge in [0.05, 0.1) is 5.52 Å². The quantitative estimate of drug-likeness (QED) is 0.806. The average Bonchev–Trinajstić information content (AvgIpc) is 3.43. The van der Waals surface area contributed by atoms with E-state index in [0.717, 1.165) is 49.3 Å². The number of benzene rings is 1. The van der Waals surface area contributed by atoms with Crippen molar-refractivity contribution in [1.29, 1.82) is 0 Å². The lowest BCUT2D eigenvalue weighted by atomic mass is 10.0. The molecule has 4 nitrogen and oxygen atoms in total. The zero-order chi connectivity index (χ0) is 16.5. The third-order valence-corrected chi connectivity index (χ3v) is 5.28. The monoisotopic (exact) mass is 415 g/mol. The first kappa shape index (κ1) is 21.2. The van der Waals surface area contributed by atoms with E-state index in [1.54, 1.807) is 0 Å². The van der Waals surface area contributed by atoms with Crippen LogP contribution in [0.3, 0.4) is 0 Å². The number of amides is 1. The van der Waals surface area contributed by atoms with Crippen molar-refractivity contribution in [2.75, 3.05) is 19.6 Å². The molecule has 2 aromatic rings. The van der Waals surface area contributed by atoms with Gasteiger partial charge in [-0.1, -0.05) is 23.7 Å². The van der Waals surface area contributed by atoms with Crippen molar-refractivity contribution in [3.63, 3.8) is 0 Å². The van der Waals surface area contributed by atoms with Crippen LogP contribution in [0.5, 0.6) is 0 Å². The van der Waals surface area contributed by atoms with Gasteiger partial charge in [0.1, 0.15) is 5.69 Å². The fourth-order valence-corrected chi connectivity index (χ4v) is 3.48. The largest absolute Gasteiger partial charge is 0.337 e. The molecule has 1 aliphatic heterocycles. The summed E-state index contributed by atoms with van der Waals surface area (Å²) in [4.78, 5) is 19.2. The molecule has 142 valence electrons. The van der Waals surface area contributed by atoms with E-state index in [0.29, 0.717) is 16.8 Å². The van der Waals surface area contributed by atoms with Crippen LogP contribution in [0.4, 0.5) is 0 Å². The highest BCUT2D eigenvalue weighted by Crippen LogP contribution is 2.28. The summed E-state index contributed by atoms with van der Waals surface area (Å²) in [6.07, 6.45) is 4.81. The minimum atomic E-state index is 0. The van der Waals surface area contributed by atoms with Crippen molar-refractivity contribution >= 4 is 53.2 Å². The molecule has 4 rings (SSSR count). The van der Waals surface area contributed by atoms with E-state index in [-0.39, 0.29) is 30.7 Å². The van der Waals surface area contributed by atoms with Crippen LogP contribution in [0.15, 0.2) is 30.3 Å². The second kappa shape index (κ2) is 9.23. The van der Waals surface area contributed by atoms with Crippen molar-refractivity contribution in [2.45, 2.75) is 31.7 Å². The molecule has 7 heteroatoms. The van der Waals surface area contributed by atoms with E-state index >= 15 is 0 Å². The molecule has 1 N–H and O–H groups in total. The number of aromatic nitrogens is 1. The molecule has 0 bridgehead atoms. The van der Waals surface area contributed by atoms with Crippen LogP contribution in [0.1, 0.15) is 36.2 Å². The van der Waals surface area contributed by atoms with E-state index in [1.807, 2.05) is 35.2 Å². The van der Waals surface area contributed by atoms with E-state index in [2.05, 4.69) is 10.3 Å². The predicted octanol–water partition coefficient (Wildman–Crippen LogP) is 4.34. The first-order chi connectivity index (χ1) is 11.7. The Morgan fingerprint density at radius 3 is 2.50 bits per heavy atom. The van der Waals surface area contributed by atoms with Crippen LogP contribution >= 0.6 is 36.4 Å². The summed E-state index contributed by atoms with van der Waals surface area (Å²) in [6, 6.07) is 9.88. The number of hydrogen-bond donors (Lipinski definition) is 1. The van der Waals surface area contributed by atoms with Gasteiger partial charge in [0.25, 0.3) is 5.91 Å². The summed E-state index contributed by atoms with van der Waals surface area (Å²) >= 11 is 6.03. The van der Waals surface area contributed by atoms with E-state index in [1.165, 1.54) is 12.8 Å². The first-order valence-corrected chi connectivity index (χ1v) is 9.16. The second-order valence-corrected chi connectivity index (χ2v) is 7.39. The highest BCUT2D eigenvalue weighted by Gasteiger charge is 2.26. The number of carbonyl (C=O) groups is 1. The third-order valence-electron chi connectivity index (χ3n) is 5.05. The molecule has 0 atom stereocenters. The molecular weight excluding hydrogens is 393 g/mol. The van der Waals surface area contributed by atoms with Crippen molar-refractivity contribution in [2.24, 2.45) is 5.92 Å². The van der Waals surface area contributed by atoms with Gasteiger partial charge in [-0.05, 0) is 56.3 Å². The number of nitrogens with one attached hydrogen (secondary N) is 1. The minimum Gasteiger partial charge on any atom is -0.337 e. The Kier molecular flexibility index (Phi) is 7.53. The third kappa shape index (κ3) is 5.01. The Morgan fingerprint density at radius 2 is 1.81 bits per heavy atom. The van der Waals surface area contributed by atoms with E-state index in [9.17, 15) is 4.79 Å². The zero-order valence-corrected chi connectivity index (χ0v) is 16.9. The molecule has 26 heavy (non-hydrogen) atoms. The van der Waals surface area contributed by atoms with Crippen LogP contribution in [0.25, 0.3) is 10.9 Å². The molecule has 1 aromatic carbocycles. The number of pyridine rings is 1. The van der Waals surface area contributed by atoms with Gasteiger partial charge in [0.2, 0.25) is 0 Å². The molecule has 2 aliphatic rings. The molecular formula is C19H24Cl3N3O. The Hall–Kier alpha value is -1.07. The smallest absolute Gasteiger partial charge is 0.272 e. The SMILES string of the molecule is Cl.Cl.O=C(c1ccc2ccc(Cl)cc2n1)N1CCC(NCC2CC2)CC1. The molecule has 1 aliphatic carbocycles. The molecule has 1 aromatic heterocycles. The summed E-state index contributed by atoms with van der Waals surface area (Å²) in [5, 5.41) is 5.28. The van der Waals surface area contributed by atoms with Gasteiger partial charge in [-0.15, -0.1) is 24.8 Å². The lowest BCUT2D eigenvalue weighted by Crippen LogP contribution is -2.45. The molecule has 2 fully saturated rings. The van der Waals surface area contributed by atoms with Crippen LogP contribution in [-0.2, 0) is 0 Å². The second-order valence-electron chi connectivity index (χ2n) is 6.95. The zero-order valence-electron chi connectivity index (χ0n) is 14.5. The van der Waals surface area contributed by atoms with Crippen molar-refractivity contribution in [1.82, 2.24) is 15.2 Å². The number of likely N-dealkylation sites (tertiary alicyclic amines) is 1. The minimum absolute atomic E-state index is 0. The number of nitrogens with zero attached hydrogens (tertiary/aromatic N) is 2. The summed E-state index contributed by atoms with van der Waals surface area (Å²) in [7, 11) is 0. The maximum Gasteiger partial charge on any atom is 0.272 e. The van der Waals surface area contributed by atoms with Crippen LogP contribution in [-0.4, -0.2) is 41.5 Å². The molecule has 0 unspecified atom stereocenters. The molecule has 2 heterocycles. The number of carbonyl (C=O) groups excluding carboxylic acids is 1. The van der Waals surface area contributed by atoms with Crippen molar-refractivity contribution in [3.05, 3.63) is 41.0 Å². The fourth-order valence-electron chi connectivity index (χ4n) is 3.31. The molecule has 0 spiro atoms. The highest BCUT2D eigenvalue weighted by atomic mass is 35.5. The number of hydrogen-bond acceptors (Lipinski definition) is 3. The summed E-state index contributed by atoms with van der Waals surface area (Å²) in [6.45, 7) is 2.75. The summed E-state index contributed by atoms with van der Waals surface area (Å²) < 4.78 is 0. The normalized spacial score (nSPS) is 17.5. The fraction of sp³-hybridized carbons (Fsp3) is 0.474. The Labute approximate surface area is 171 Å². The molecule has 1 amide bonds. The van der Waals surface area contributed by atoms with Crippen molar-refractivity contribution in [3.8, 4) is 0 Å². The Bertz CT molecular complexity index is 759. The maximum absolute atomic E-state index is 12.7. The van der Waals surface area contributed by atoms with Gasteiger partial charge in [0, 0.05) is 29.5 Å². The lowest BCUT2D eigenvalue weighted by Gasteiger charge is -2.32. The molecule has 1 saturated carbocycles. The van der Waals surface area contributed by atoms with Gasteiger partial charge in [-0.25, -0.2) is 4.98 Å². The van der Waals surface area contributed by atoms with Gasteiger partial charge in [-0.3, -0.25) is 4.79 Å². The number of fused-ring (bicyclic) bond motifs is 1. The van der Waals surface area contributed by atoms with E-state index in [4.69, 9.17) is 11.6 Å². The van der Waals surface area contributed by atoms with E-state index < -0.39 is 0 Å². The number of rotatable bonds is 4. The summed E-state index contributed by atoms with van der Waals surface area (Å²) in [5.41, 5.74) is 1.28. The van der Waals surface area contributed by atoms with Gasteiger partial charge >= 0.3 is 0 Å². The van der Waals surface area contributed by atoms with Gasteiger partial charge in [0.15, 0.2) is 0 Å². The average molecular weight is 417 g/mol. The number of halogens is 3. The number of piperidine rings is 1. The van der Waals surface area contributed by atoms with Crippen LogP contribution in [0, 0.1) is 5.92 Å². The highest BCUT2D eigenvalue weighted by molar-refractivity contribution is 6.31. The Morgan fingerprint density at radius 1 is 1.12 bits per heavy atom. The molecule has 1 saturated heterocycles. The van der Waals surface area contributed by atoms with Gasteiger partial charge < -0.3 is 10.2 Å². The predicted molar refractivity (Wildman–Crippen MR) is 111 cm³/mol. The Balaban J connectivity index is 0.00000121. The van der Waals surface area contributed by atoms with Crippen LogP contribution in [0.2, 0.25) is 5.02 Å². The first-order valence-electron chi connectivity index (χ1n) is 8.78. The van der Waals surface area contributed by atoms with Gasteiger partial charge in [-0.2, -0.15) is 0 Å². The lowest BCUT2D eigenvalue weighted by molar-refractivity contribution is 0.0699. The maximum atomic E-state index is 12.7. The molecule has 0 radical (unpaired) electrons. The standard InChI is InChI=1S/C19H22ClN3O.2ClH/c20-15-5-3-14-4-6-17(22-18(14)11-15)19(24)23-9-7-16(8-10-23)21-12-13-1-2-13;;/h3-6,11,13,16,21H,1-2,7-10,12H2;2*1H. The topological polar surface area (TPSA) is 45.2 Å². The summed E-state index contributed by atoms with van der Waals surface area (Å²) in [5.74, 6) is 0.927. The van der Waals surface area contributed by atoms with Crippen molar-refractivity contribution < 1.29 is 4.79 Å². The van der Waals surface area contributed by atoms with Crippen LogP contribution < -0.4 is 5.32 Å².